The molecule has 0 radical (unpaired) electrons. The van der Waals surface area contributed by atoms with Crippen LogP contribution in [0.1, 0.15) is 49.7 Å². The second-order valence-corrected chi connectivity index (χ2v) is 8.63. The summed E-state index contributed by atoms with van der Waals surface area (Å²) in [6.45, 7) is 2.28. The average molecular weight is 341 g/mol. The minimum absolute atomic E-state index is 0.174. The Balaban J connectivity index is 1.63. The topological polar surface area (TPSA) is 49.8 Å². The summed E-state index contributed by atoms with van der Waals surface area (Å²) in [7, 11) is 1.60. The van der Waals surface area contributed by atoms with E-state index in [0.29, 0.717) is 36.3 Å². The van der Waals surface area contributed by atoms with Crippen molar-refractivity contribution < 1.29 is 14.6 Å². The highest BCUT2D eigenvalue weighted by molar-refractivity contribution is 5.82. The van der Waals surface area contributed by atoms with Crippen molar-refractivity contribution in [3.05, 3.63) is 23.3 Å². The molecule has 4 nitrogen and oxygen atoms in total. The number of likely N-dealkylation sites (tertiary alicyclic amines) is 1. The standard InChI is InChI=1S/C21H27NO3/c1-25-18-7-4-14-10-17-16-6-5-15(23)11-21(16,19(14)20(18)24)8-9-22(17)12-13-2-3-13/h4,7,13,16-17,24H,2-3,5-6,8-12H2,1H3/t16-,17-,21-/m0/s1. The second kappa shape index (κ2) is 5.47. The first-order valence-corrected chi connectivity index (χ1v) is 9.77. The van der Waals surface area contributed by atoms with Crippen molar-refractivity contribution in [2.45, 2.75) is 56.4 Å². The Kier molecular flexibility index (Phi) is 3.43. The van der Waals surface area contributed by atoms with Crippen LogP contribution in [0.3, 0.4) is 0 Å². The molecule has 0 amide bonds. The van der Waals surface area contributed by atoms with Crippen LogP contribution in [0.4, 0.5) is 0 Å². The summed E-state index contributed by atoms with van der Waals surface area (Å²) >= 11 is 0. The first-order chi connectivity index (χ1) is 12.1. The number of Topliss-reactive ketones (excluding diaryl/α,β-unsaturated/α-hetero) is 1. The van der Waals surface area contributed by atoms with Crippen molar-refractivity contribution in [3.63, 3.8) is 0 Å². The van der Waals surface area contributed by atoms with Crippen molar-refractivity contribution in [2.75, 3.05) is 20.2 Å². The van der Waals surface area contributed by atoms with Crippen LogP contribution in [-0.4, -0.2) is 42.0 Å². The van der Waals surface area contributed by atoms with Gasteiger partial charge in [0, 0.05) is 36.4 Å². The van der Waals surface area contributed by atoms with Crippen LogP contribution in [0.15, 0.2) is 12.1 Å². The van der Waals surface area contributed by atoms with Gasteiger partial charge < -0.3 is 9.84 Å². The number of hydrogen-bond donors (Lipinski definition) is 1. The number of carbonyl (C=O) groups excluding carboxylic acids is 1. The maximum Gasteiger partial charge on any atom is 0.161 e. The minimum Gasteiger partial charge on any atom is -0.504 e. The number of methoxy groups -OCH3 is 1. The van der Waals surface area contributed by atoms with Gasteiger partial charge in [0.1, 0.15) is 5.78 Å². The van der Waals surface area contributed by atoms with E-state index < -0.39 is 0 Å². The minimum atomic E-state index is -0.174. The number of phenols is 1. The van der Waals surface area contributed by atoms with E-state index in [2.05, 4.69) is 11.0 Å². The van der Waals surface area contributed by atoms with Gasteiger partial charge in [-0.2, -0.15) is 0 Å². The van der Waals surface area contributed by atoms with Crippen LogP contribution in [0.2, 0.25) is 0 Å². The molecule has 4 aliphatic rings. The summed E-state index contributed by atoms with van der Waals surface area (Å²) in [6, 6.07) is 4.54. The summed E-state index contributed by atoms with van der Waals surface area (Å²) in [5.41, 5.74) is 2.09. The number of fused-ring (bicyclic) bond motifs is 1. The monoisotopic (exact) mass is 341 g/mol. The molecule has 5 rings (SSSR count). The number of carbonyl (C=O) groups is 1. The van der Waals surface area contributed by atoms with Crippen molar-refractivity contribution in [1.29, 1.82) is 0 Å². The first kappa shape index (κ1) is 15.7. The Morgan fingerprint density at radius 1 is 1.32 bits per heavy atom. The Hall–Kier alpha value is -1.55. The summed E-state index contributed by atoms with van der Waals surface area (Å²) in [4.78, 5) is 15.1. The molecule has 0 aromatic heterocycles. The van der Waals surface area contributed by atoms with Crippen molar-refractivity contribution in [3.8, 4) is 11.5 Å². The van der Waals surface area contributed by atoms with E-state index in [1.54, 1.807) is 7.11 Å². The lowest BCUT2D eigenvalue weighted by atomic mass is 9.52. The molecule has 3 atom stereocenters. The Morgan fingerprint density at radius 3 is 2.92 bits per heavy atom. The fourth-order valence-corrected chi connectivity index (χ4v) is 6.02. The van der Waals surface area contributed by atoms with Gasteiger partial charge in [0.25, 0.3) is 0 Å². The molecule has 3 aliphatic carbocycles. The Bertz CT molecular complexity index is 726. The zero-order valence-corrected chi connectivity index (χ0v) is 15.0. The molecule has 1 N–H and O–H groups in total. The number of hydrogen-bond acceptors (Lipinski definition) is 4. The number of benzene rings is 1. The molecule has 1 aromatic carbocycles. The van der Waals surface area contributed by atoms with Gasteiger partial charge in [-0.1, -0.05) is 6.07 Å². The zero-order chi connectivity index (χ0) is 17.2. The van der Waals surface area contributed by atoms with Crippen LogP contribution in [0.25, 0.3) is 0 Å². The lowest BCUT2D eigenvalue weighted by Gasteiger charge is -2.58. The number of nitrogens with zero attached hydrogens (tertiary/aromatic N) is 1. The third-order valence-electron chi connectivity index (χ3n) is 7.30. The van der Waals surface area contributed by atoms with E-state index in [9.17, 15) is 9.90 Å². The Labute approximate surface area is 149 Å². The van der Waals surface area contributed by atoms with E-state index in [1.807, 2.05) is 6.07 Å². The number of piperidine rings is 1. The smallest absolute Gasteiger partial charge is 0.161 e. The van der Waals surface area contributed by atoms with Gasteiger partial charge in [0.2, 0.25) is 0 Å². The maximum absolute atomic E-state index is 12.4. The van der Waals surface area contributed by atoms with Crippen LogP contribution < -0.4 is 4.74 Å². The summed E-state index contributed by atoms with van der Waals surface area (Å²) in [5, 5.41) is 10.9. The van der Waals surface area contributed by atoms with Crippen LogP contribution in [0, 0.1) is 11.8 Å². The van der Waals surface area contributed by atoms with Crippen LogP contribution >= 0.6 is 0 Å². The molecule has 0 unspecified atom stereocenters. The molecule has 2 saturated carbocycles. The quantitative estimate of drug-likeness (QED) is 0.918. The van der Waals surface area contributed by atoms with Crippen molar-refractivity contribution >= 4 is 5.78 Å². The van der Waals surface area contributed by atoms with E-state index >= 15 is 0 Å². The highest BCUT2D eigenvalue weighted by Crippen LogP contribution is 2.58. The molecule has 1 saturated heterocycles. The molecule has 1 aromatic rings. The van der Waals surface area contributed by atoms with Gasteiger partial charge in [0.05, 0.1) is 7.11 Å². The average Bonchev–Trinajstić information content (AvgIpc) is 3.41. The molecule has 1 heterocycles. The molecule has 4 heteroatoms. The normalized spacial score (nSPS) is 34.4. The second-order valence-electron chi connectivity index (χ2n) is 8.63. The summed E-state index contributed by atoms with van der Waals surface area (Å²) in [6.07, 6.45) is 7.03. The lowest BCUT2D eigenvalue weighted by Crippen LogP contribution is -2.62. The molecular weight excluding hydrogens is 314 g/mol. The molecule has 0 spiro atoms. The first-order valence-electron chi connectivity index (χ1n) is 9.77. The Morgan fingerprint density at radius 2 is 2.16 bits per heavy atom. The third-order valence-corrected chi connectivity index (χ3v) is 7.30. The molecule has 1 aliphatic heterocycles. The summed E-state index contributed by atoms with van der Waals surface area (Å²) in [5.74, 6) is 2.57. The van der Waals surface area contributed by atoms with Gasteiger partial charge in [0.15, 0.2) is 11.5 Å². The highest BCUT2D eigenvalue weighted by atomic mass is 16.5. The maximum atomic E-state index is 12.4. The van der Waals surface area contributed by atoms with E-state index in [0.717, 1.165) is 37.3 Å². The van der Waals surface area contributed by atoms with Crippen molar-refractivity contribution in [2.24, 2.45) is 11.8 Å². The number of ketones is 1. The van der Waals surface area contributed by atoms with E-state index in [-0.39, 0.29) is 11.2 Å². The van der Waals surface area contributed by atoms with Gasteiger partial charge in [-0.3, -0.25) is 9.69 Å². The predicted molar refractivity (Wildman–Crippen MR) is 95.1 cm³/mol. The fraction of sp³-hybridized carbons (Fsp3) is 0.667. The van der Waals surface area contributed by atoms with Gasteiger partial charge in [-0.05, 0) is 62.1 Å². The highest BCUT2D eigenvalue weighted by Gasteiger charge is 2.57. The van der Waals surface area contributed by atoms with Crippen LogP contribution in [-0.2, 0) is 16.6 Å². The molecule has 2 bridgehead atoms. The van der Waals surface area contributed by atoms with Gasteiger partial charge in [-0.25, -0.2) is 0 Å². The number of rotatable bonds is 3. The molecule has 134 valence electrons. The zero-order valence-electron chi connectivity index (χ0n) is 15.0. The predicted octanol–water partition coefficient (Wildman–Crippen LogP) is 3.05. The number of aromatic hydroxyl groups is 1. The van der Waals surface area contributed by atoms with Crippen LogP contribution in [0.5, 0.6) is 11.5 Å². The summed E-state index contributed by atoms with van der Waals surface area (Å²) < 4.78 is 5.39. The molecule has 25 heavy (non-hydrogen) atoms. The van der Waals surface area contributed by atoms with E-state index in [1.165, 1.54) is 24.9 Å². The number of phenolic OH excluding ortho intramolecular Hbond substituents is 1. The lowest BCUT2D eigenvalue weighted by molar-refractivity contribution is -0.127. The number of ether oxygens (including phenoxy) is 1. The largest absolute Gasteiger partial charge is 0.504 e. The van der Waals surface area contributed by atoms with Gasteiger partial charge in [-0.15, -0.1) is 0 Å². The third kappa shape index (κ3) is 2.26. The van der Waals surface area contributed by atoms with Crippen molar-refractivity contribution in [1.82, 2.24) is 4.90 Å². The fourth-order valence-electron chi connectivity index (χ4n) is 6.02. The SMILES string of the molecule is COc1ccc2c(c1O)[C@]13CCN(CC4CC4)[C@@H](C2)[C@@H]1CCC(=O)C3. The molecular formula is C21H27NO3. The molecule has 3 fully saturated rings. The van der Waals surface area contributed by atoms with E-state index in [4.69, 9.17) is 4.74 Å². The van der Waals surface area contributed by atoms with Gasteiger partial charge >= 0.3 is 0 Å².